The first-order valence-electron chi connectivity index (χ1n) is 25.8. The SMILES string of the molecule is CC\C=C/C=C\C=C/C=C\CCCCCC(=O)OC(COC(=O)CCCCCCC/C=C\CCCCCCCCCCC)COC(=O)CCCCCCCCCCCCCC. The molecular weight excluding hydrogens is 757 g/mol. The molecule has 352 valence electrons. The van der Waals surface area contributed by atoms with Crippen LogP contribution in [0.1, 0.15) is 252 Å². The Hall–Kier alpha value is -2.89. The molecule has 0 aromatic heterocycles. The van der Waals surface area contributed by atoms with Crippen molar-refractivity contribution in [3.05, 3.63) is 60.8 Å². The summed E-state index contributed by atoms with van der Waals surface area (Å²) in [5.74, 6) is -0.935. The van der Waals surface area contributed by atoms with Gasteiger partial charge in [0, 0.05) is 19.3 Å². The van der Waals surface area contributed by atoms with E-state index in [2.05, 4.69) is 45.1 Å². The summed E-state index contributed by atoms with van der Waals surface area (Å²) in [5.41, 5.74) is 0. The molecule has 0 rings (SSSR count). The second-order valence-electron chi connectivity index (χ2n) is 17.1. The molecule has 0 aliphatic rings. The summed E-state index contributed by atoms with van der Waals surface area (Å²) >= 11 is 0. The maximum Gasteiger partial charge on any atom is 0.306 e. The van der Waals surface area contributed by atoms with Crippen LogP contribution in [0.25, 0.3) is 0 Å². The molecule has 0 N–H and O–H groups in total. The van der Waals surface area contributed by atoms with Crippen LogP contribution >= 0.6 is 0 Å². The molecule has 0 aromatic rings. The number of rotatable bonds is 46. The summed E-state index contributed by atoms with van der Waals surface area (Å²) in [6.45, 7) is 6.46. The molecule has 0 aliphatic heterocycles. The minimum Gasteiger partial charge on any atom is -0.462 e. The number of carbonyl (C=O) groups excluding carboxylic acids is 3. The van der Waals surface area contributed by atoms with Gasteiger partial charge in [-0.2, -0.15) is 0 Å². The Kier molecular flexibility index (Phi) is 47.4. The zero-order valence-electron chi connectivity index (χ0n) is 40.2. The standard InChI is InChI=1S/C55H96O6/c1-4-7-10-13-16-19-22-25-26-27-28-29-31-33-36-39-42-45-48-54(57)60-51-52(50-59-53(56)47-44-41-38-35-32-24-21-18-15-12-9-6-3)61-55(58)49-46-43-40-37-34-30-23-20-17-14-11-8-5-2/h8,11,14,17,20,23,28-30,34,52H,4-7,9-10,12-13,15-16,18-19,21-22,24-27,31-33,35-51H2,1-3H3/b11-8-,17-14-,23-20-,29-28-,34-30-. The molecule has 6 heteroatoms. The molecule has 1 atom stereocenters. The predicted molar refractivity (Wildman–Crippen MR) is 261 cm³/mol. The van der Waals surface area contributed by atoms with Crippen LogP contribution in [-0.4, -0.2) is 37.2 Å². The summed E-state index contributed by atoms with van der Waals surface area (Å²) in [5, 5.41) is 0. The van der Waals surface area contributed by atoms with E-state index in [9.17, 15) is 14.4 Å². The Morgan fingerprint density at radius 3 is 1.07 bits per heavy atom. The summed E-state index contributed by atoms with van der Waals surface area (Å²) in [7, 11) is 0. The van der Waals surface area contributed by atoms with E-state index >= 15 is 0 Å². The van der Waals surface area contributed by atoms with Gasteiger partial charge in [-0.1, -0.05) is 229 Å². The minimum atomic E-state index is -0.794. The van der Waals surface area contributed by atoms with E-state index in [1.54, 1.807) is 0 Å². The van der Waals surface area contributed by atoms with Gasteiger partial charge in [-0.05, 0) is 64.2 Å². The fraction of sp³-hybridized carbons (Fsp3) is 0.764. The number of hydrogen-bond acceptors (Lipinski definition) is 6. The lowest BCUT2D eigenvalue weighted by atomic mass is 10.0. The highest BCUT2D eigenvalue weighted by atomic mass is 16.6. The second-order valence-corrected chi connectivity index (χ2v) is 17.1. The molecule has 0 amide bonds. The van der Waals surface area contributed by atoms with Crippen LogP contribution in [0, 0.1) is 0 Å². The zero-order valence-corrected chi connectivity index (χ0v) is 40.2. The first-order valence-corrected chi connectivity index (χ1v) is 25.8. The lowest BCUT2D eigenvalue weighted by Gasteiger charge is -2.18. The van der Waals surface area contributed by atoms with E-state index in [0.717, 1.165) is 77.0 Å². The molecule has 0 bridgehead atoms. The molecule has 1 unspecified atom stereocenters. The van der Waals surface area contributed by atoms with Gasteiger partial charge >= 0.3 is 17.9 Å². The maximum atomic E-state index is 12.8. The molecule has 0 radical (unpaired) electrons. The second kappa shape index (κ2) is 49.8. The number of allylic oxidation sites excluding steroid dienone is 10. The topological polar surface area (TPSA) is 78.9 Å². The van der Waals surface area contributed by atoms with Gasteiger partial charge in [0.25, 0.3) is 0 Å². The molecule has 0 spiro atoms. The number of ether oxygens (including phenoxy) is 3. The highest BCUT2D eigenvalue weighted by molar-refractivity contribution is 5.71. The highest BCUT2D eigenvalue weighted by Gasteiger charge is 2.19. The Balaban J connectivity index is 4.39. The highest BCUT2D eigenvalue weighted by Crippen LogP contribution is 2.15. The monoisotopic (exact) mass is 853 g/mol. The average Bonchev–Trinajstić information content (AvgIpc) is 3.26. The molecule has 0 aromatic carbocycles. The van der Waals surface area contributed by atoms with E-state index in [4.69, 9.17) is 14.2 Å². The largest absolute Gasteiger partial charge is 0.462 e. The normalized spacial score (nSPS) is 12.5. The van der Waals surface area contributed by atoms with Gasteiger partial charge in [-0.15, -0.1) is 0 Å². The van der Waals surface area contributed by atoms with Gasteiger partial charge in [-0.25, -0.2) is 0 Å². The fourth-order valence-corrected chi connectivity index (χ4v) is 7.21. The molecular formula is C55H96O6. The summed E-state index contributed by atoms with van der Waals surface area (Å²) in [4.78, 5) is 37.9. The van der Waals surface area contributed by atoms with Crippen LogP contribution in [-0.2, 0) is 28.6 Å². The van der Waals surface area contributed by atoms with E-state index in [-0.39, 0.29) is 37.5 Å². The Morgan fingerprint density at radius 1 is 0.344 bits per heavy atom. The summed E-state index contributed by atoms with van der Waals surface area (Å²) in [6, 6.07) is 0. The van der Waals surface area contributed by atoms with Crippen molar-refractivity contribution in [3.63, 3.8) is 0 Å². The smallest absolute Gasteiger partial charge is 0.306 e. The lowest BCUT2D eigenvalue weighted by molar-refractivity contribution is -0.167. The fourth-order valence-electron chi connectivity index (χ4n) is 7.21. The van der Waals surface area contributed by atoms with Crippen LogP contribution in [0.4, 0.5) is 0 Å². The van der Waals surface area contributed by atoms with Crippen LogP contribution in [0.15, 0.2) is 60.8 Å². The number of unbranched alkanes of at least 4 members (excludes halogenated alkanes) is 28. The molecule has 6 nitrogen and oxygen atoms in total. The van der Waals surface area contributed by atoms with Crippen LogP contribution in [0.3, 0.4) is 0 Å². The zero-order chi connectivity index (χ0) is 44.4. The van der Waals surface area contributed by atoms with Crippen molar-refractivity contribution in [1.29, 1.82) is 0 Å². The van der Waals surface area contributed by atoms with Crippen molar-refractivity contribution in [2.24, 2.45) is 0 Å². The van der Waals surface area contributed by atoms with Crippen molar-refractivity contribution in [1.82, 2.24) is 0 Å². The van der Waals surface area contributed by atoms with Crippen molar-refractivity contribution in [2.75, 3.05) is 13.2 Å². The lowest BCUT2D eigenvalue weighted by Crippen LogP contribution is -2.30. The van der Waals surface area contributed by atoms with E-state index < -0.39 is 6.10 Å². The third kappa shape index (κ3) is 48.0. The van der Waals surface area contributed by atoms with Crippen LogP contribution in [0.2, 0.25) is 0 Å². The predicted octanol–water partition coefficient (Wildman–Crippen LogP) is 16.9. The van der Waals surface area contributed by atoms with Crippen LogP contribution < -0.4 is 0 Å². The molecule has 61 heavy (non-hydrogen) atoms. The van der Waals surface area contributed by atoms with Crippen molar-refractivity contribution in [2.45, 2.75) is 258 Å². The van der Waals surface area contributed by atoms with Gasteiger partial charge in [0.05, 0.1) is 0 Å². The van der Waals surface area contributed by atoms with Gasteiger partial charge in [0.15, 0.2) is 6.10 Å². The summed E-state index contributed by atoms with van der Waals surface area (Å²) in [6.07, 6.45) is 60.6. The Bertz CT molecular complexity index is 1120. The molecule has 0 saturated carbocycles. The Labute approximate surface area is 377 Å². The van der Waals surface area contributed by atoms with Crippen LogP contribution in [0.5, 0.6) is 0 Å². The first-order chi connectivity index (χ1) is 30.0. The van der Waals surface area contributed by atoms with Crippen molar-refractivity contribution in [3.8, 4) is 0 Å². The van der Waals surface area contributed by atoms with Gasteiger partial charge in [-0.3, -0.25) is 14.4 Å². The molecule has 0 saturated heterocycles. The Morgan fingerprint density at radius 2 is 0.656 bits per heavy atom. The third-order valence-corrected chi connectivity index (χ3v) is 11.1. The van der Waals surface area contributed by atoms with E-state index in [0.29, 0.717) is 12.8 Å². The number of esters is 3. The molecule has 0 heterocycles. The third-order valence-electron chi connectivity index (χ3n) is 11.1. The average molecular weight is 853 g/mol. The van der Waals surface area contributed by atoms with E-state index in [1.807, 2.05) is 36.5 Å². The number of hydrogen-bond donors (Lipinski definition) is 0. The van der Waals surface area contributed by atoms with E-state index in [1.165, 1.54) is 135 Å². The quantitative estimate of drug-likeness (QED) is 0.0200. The minimum absolute atomic E-state index is 0.0911. The van der Waals surface area contributed by atoms with Gasteiger partial charge < -0.3 is 14.2 Å². The van der Waals surface area contributed by atoms with Crippen molar-refractivity contribution >= 4 is 17.9 Å². The van der Waals surface area contributed by atoms with Crippen molar-refractivity contribution < 1.29 is 28.6 Å². The summed E-state index contributed by atoms with van der Waals surface area (Å²) < 4.78 is 16.7. The van der Waals surface area contributed by atoms with Gasteiger partial charge in [0.2, 0.25) is 0 Å². The molecule has 0 fully saturated rings. The maximum absolute atomic E-state index is 12.8. The van der Waals surface area contributed by atoms with Gasteiger partial charge in [0.1, 0.15) is 13.2 Å². The first kappa shape index (κ1) is 58.1. The molecule has 0 aliphatic carbocycles. The number of carbonyl (C=O) groups is 3.